The summed E-state index contributed by atoms with van der Waals surface area (Å²) < 4.78 is 37.3. The lowest BCUT2D eigenvalue weighted by atomic mass is 10.2. The van der Waals surface area contributed by atoms with Gasteiger partial charge in [-0.05, 0) is 30.5 Å². The Morgan fingerprint density at radius 2 is 2.03 bits per heavy atom. The Kier molecular flexibility index (Phi) is 10.7. The van der Waals surface area contributed by atoms with Gasteiger partial charge in [0.1, 0.15) is 4.21 Å². The first-order chi connectivity index (χ1) is 13.4. The number of benzene rings is 1. The summed E-state index contributed by atoms with van der Waals surface area (Å²) in [7, 11) is 1.33. The van der Waals surface area contributed by atoms with Gasteiger partial charge in [-0.25, -0.2) is 8.42 Å². The molecule has 0 atom stereocenters. The van der Waals surface area contributed by atoms with Crippen LogP contribution >= 0.6 is 35.3 Å². The minimum atomic E-state index is -3.46. The van der Waals surface area contributed by atoms with E-state index in [9.17, 15) is 8.42 Å². The van der Waals surface area contributed by atoms with Gasteiger partial charge < -0.3 is 20.1 Å². The van der Waals surface area contributed by atoms with Crippen LogP contribution in [0.5, 0.6) is 11.5 Å². The van der Waals surface area contributed by atoms with E-state index in [2.05, 4.69) is 15.6 Å². The monoisotopic (exact) mass is 554 g/mol. The highest BCUT2D eigenvalue weighted by atomic mass is 127. The number of sulfonamides is 1. The van der Waals surface area contributed by atoms with E-state index in [1.807, 2.05) is 25.1 Å². The van der Waals surface area contributed by atoms with Crippen LogP contribution < -0.4 is 20.1 Å². The minimum Gasteiger partial charge on any atom is -0.493 e. The summed E-state index contributed by atoms with van der Waals surface area (Å²) in [5.41, 5.74) is 0.771. The maximum Gasteiger partial charge on any atom is 0.252 e. The van der Waals surface area contributed by atoms with Gasteiger partial charge in [-0.3, -0.25) is 4.99 Å². The SMILES string of the molecule is CCOc1ccc(NC(=NC)NCCN(C)S(=O)(=O)c2cccs2)cc1OC.I. The van der Waals surface area contributed by atoms with Gasteiger partial charge >= 0.3 is 0 Å². The number of ether oxygens (including phenoxy) is 2. The molecule has 8 nitrogen and oxygen atoms in total. The molecule has 1 heterocycles. The number of aliphatic imine (C=N–C) groups is 1. The fourth-order valence-corrected chi connectivity index (χ4v) is 4.72. The summed E-state index contributed by atoms with van der Waals surface area (Å²) >= 11 is 1.20. The number of thiophene rings is 1. The van der Waals surface area contributed by atoms with Gasteiger partial charge in [0.25, 0.3) is 10.0 Å². The first-order valence-corrected chi connectivity index (χ1v) is 11.0. The number of rotatable bonds is 9. The van der Waals surface area contributed by atoms with Gasteiger partial charge in [0.15, 0.2) is 17.5 Å². The minimum absolute atomic E-state index is 0. The number of nitrogens with zero attached hydrogens (tertiary/aromatic N) is 2. The van der Waals surface area contributed by atoms with Crippen LogP contribution in [0.2, 0.25) is 0 Å². The van der Waals surface area contributed by atoms with Gasteiger partial charge in [0, 0.05) is 38.9 Å². The van der Waals surface area contributed by atoms with Gasteiger partial charge in [0.05, 0.1) is 13.7 Å². The quantitative estimate of drug-likeness (QED) is 0.281. The van der Waals surface area contributed by atoms with Crippen molar-refractivity contribution in [1.82, 2.24) is 9.62 Å². The second kappa shape index (κ2) is 12.2. The van der Waals surface area contributed by atoms with Crippen LogP contribution in [0.4, 0.5) is 5.69 Å². The molecule has 2 rings (SSSR count). The van der Waals surface area contributed by atoms with E-state index in [0.29, 0.717) is 41.4 Å². The Balaban J connectivity index is 0.00000420. The molecule has 0 aliphatic carbocycles. The fourth-order valence-electron chi connectivity index (χ4n) is 2.35. The first kappa shape index (κ1) is 25.5. The molecule has 11 heteroatoms. The summed E-state index contributed by atoms with van der Waals surface area (Å²) in [6.45, 7) is 3.16. The predicted octanol–water partition coefficient (Wildman–Crippen LogP) is 3.08. The third-order valence-electron chi connectivity index (χ3n) is 3.83. The topological polar surface area (TPSA) is 92.3 Å². The fraction of sp³-hybridized carbons (Fsp3) is 0.389. The van der Waals surface area contributed by atoms with Crippen molar-refractivity contribution in [3.8, 4) is 11.5 Å². The molecule has 0 saturated carbocycles. The van der Waals surface area contributed by atoms with Crippen molar-refractivity contribution in [2.24, 2.45) is 4.99 Å². The molecule has 1 aromatic heterocycles. The molecule has 29 heavy (non-hydrogen) atoms. The summed E-state index contributed by atoms with van der Waals surface area (Å²) in [6, 6.07) is 8.81. The molecule has 0 fully saturated rings. The second-order valence-electron chi connectivity index (χ2n) is 5.68. The van der Waals surface area contributed by atoms with E-state index < -0.39 is 10.0 Å². The zero-order valence-corrected chi connectivity index (χ0v) is 20.8. The van der Waals surface area contributed by atoms with Gasteiger partial charge in [-0.1, -0.05) is 6.07 Å². The Bertz CT molecular complexity index is 889. The van der Waals surface area contributed by atoms with E-state index in [1.54, 1.807) is 38.7 Å². The molecule has 1 aromatic carbocycles. The Morgan fingerprint density at radius 3 is 2.62 bits per heavy atom. The number of hydrogen-bond acceptors (Lipinski definition) is 6. The normalized spacial score (nSPS) is 11.7. The van der Waals surface area contributed by atoms with Gasteiger partial charge in [-0.15, -0.1) is 35.3 Å². The highest BCUT2D eigenvalue weighted by molar-refractivity contribution is 14.0. The maximum absolute atomic E-state index is 12.4. The molecule has 0 amide bonds. The standard InChI is InChI=1S/C18H26N4O4S2.HI/c1-5-26-15-9-8-14(13-16(15)25-4)21-18(19-2)20-10-11-22(3)28(23,24)17-7-6-12-27-17;/h6-9,12-13H,5,10-11H2,1-4H3,(H2,19,20,21);1H. The number of methoxy groups -OCH3 is 1. The first-order valence-electron chi connectivity index (χ1n) is 8.70. The van der Waals surface area contributed by atoms with Crippen molar-refractivity contribution in [3.05, 3.63) is 35.7 Å². The summed E-state index contributed by atoms with van der Waals surface area (Å²) in [5.74, 6) is 1.80. The summed E-state index contributed by atoms with van der Waals surface area (Å²) in [6.07, 6.45) is 0. The maximum atomic E-state index is 12.4. The molecule has 162 valence electrons. The van der Waals surface area contributed by atoms with Crippen LogP contribution in [0.15, 0.2) is 44.9 Å². The smallest absolute Gasteiger partial charge is 0.252 e. The zero-order chi connectivity index (χ0) is 20.6. The van der Waals surface area contributed by atoms with Crippen LogP contribution in [0.1, 0.15) is 6.92 Å². The number of hydrogen-bond donors (Lipinski definition) is 2. The predicted molar refractivity (Wildman–Crippen MR) is 129 cm³/mol. The molecule has 0 radical (unpaired) electrons. The van der Waals surface area contributed by atoms with Crippen LogP contribution in [0, 0.1) is 0 Å². The molecule has 0 bridgehead atoms. The summed E-state index contributed by atoms with van der Waals surface area (Å²) in [4.78, 5) is 4.16. The lowest BCUT2D eigenvalue weighted by molar-refractivity contribution is 0.311. The van der Waals surface area contributed by atoms with Crippen molar-refractivity contribution in [3.63, 3.8) is 0 Å². The Morgan fingerprint density at radius 1 is 1.28 bits per heavy atom. The molecule has 0 aliphatic rings. The Hall–Kier alpha value is -1.57. The van der Waals surface area contributed by atoms with E-state index in [0.717, 1.165) is 5.69 Å². The average molecular weight is 554 g/mol. The van der Waals surface area contributed by atoms with Crippen LogP contribution in [-0.4, -0.2) is 59.6 Å². The highest BCUT2D eigenvalue weighted by Gasteiger charge is 2.21. The van der Waals surface area contributed by atoms with E-state index in [4.69, 9.17) is 9.47 Å². The average Bonchev–Trinajstić information content (AvgIpc) is 3.24. The second-order valence-corrected chi connectivity index (χ2v) is 8.90. The number of halogens is 1. The third kappa shape index (κ3) is 7.01. The summed E-state index contributed by atoms with van der Waals surface area (Å²) in [5, 5.41) is 8.00. The lowest BCUT2D eigenvalue weighted by Crippen LogP contribution is -2.38. The lowest BCUT2D eigenvalue weighted by Gasteiger charge is -2.18. The molecular formula is C18H27IN4O4S2. The molecule has 0 spiro atoms. The van der Waals surface area contributed by atoms with Gasteiger partial charge in [-0.2, -0.15) is 4.31 Å². The Labute approximate surface area is 193 Å². The number of nitrogens with one attached hydrogen (secondary N) is 2. The van der Waals surface area contributed by atoms with E-state index in [1.165, 1.54) is 15.6 Å². The number of anilines is 1. The molecular weight excluding hydrogens is 527 g/mol. The van der Waals surface area contributed by atoms with E-state index >= 15 is 0 Å². The van der Waals surface area contributed by atoms with Crippen LogP contribution in [0.25, 0.3) is 0 Å². The highest BCUT2D eigenvalue weighted by Crippen LogP contribution is 2.30. The van der Waals surface area contributed by atoms with Gasteiger partial charge in [0.2, 0.25) is 0 Å². The molecule has 0 unspecified atom stereocenters. The van der Waals surface area contributed by atoms with Crippen molar-refractivity contribution in [1.29, 1.82) is 0 Å². The molecule has 0 saturated heterocycles. The largest absolute Gasteiger partial charge is 0.493 e. The number of guanidine groups is 1. The zero-order valence-electron chi connectivity index (χ0n) is 16.8. The molecule has 0 aliphatic heterocycles. The third-order valence-corrected chi connectivity index (χ3v) is 7.06. The van der Waals surface area contributed by atoms with Crippen molar-refractivity contribution < 1.29 is 17.9 Å². The van der Waals surface area contributed by atoms with E-state index in [-0.39, 0.29) is 24.0 Å². The number of likely N-dealkylation sites (N-methyl/N-ethyl adjacent to an activating group) is 1. The molecule has 2 N–H and O–H groups in total. The van der Waals surface area contributed by atoms with Crippen LogP contribution in [-0.2, 0) is 10.0 Å². The van der Waals surface area contributed by atoms with Crippen molar-refractivity contribution in [2.75, 3.05) is 46.2 Å². The van der Waals surface area contributed by atoms with Crippen LogP contribution in [0.3, 0.4) is 0 Å². The van der Waals surface area contributed by atoms with Crippen molar-refractivity contribution >= 4 is 57.0 Å². The van der Waals surface area contributed by atoms with Crippen molar-refractivity contribution in [2.45, 2.75) is 11.1 Å². The molecule has 2 aromatic rings.